The number of aliphatic hydroxyl groups excluding tert-OH is 1. The molecule has 2 rings (SSSR count). The molecule has 24 heavy (non-hydrogen) atoms. The van der Waals surface area contributed by atoms with Crippen molar-refractivity contribution in [2.24, 2.45) is 22.7 Å². The predicted molar refractivity (Wildman–Crippen MR) is 97.5 cm³/mol. The minimum absolute atomic E-state index is 0.0388. The van der Waals surface area contributed by atoms with E-state index in [9.17, 15) is 9.90 Å². The highest BCUT2D eigenvalue weighted by molar-refractivity contribution is 5.82. The van der Waals surface area contributed by atoms with Crippen molar-refractivity contribution in [3.8, 4) is 0 Å². The zero-order chi connectivity index (χ0) is 18.1. The Morgan fingerprint density at radius 2 is 2.04 bits per heavy atom. The van der Waals surface area contributed by atoms with Crippen LogP contribution in [0.1, 0.15) is 66.2 Å². The number of hydrogen-bond acceptors (Lipinski definition) is 3. The number of aliphatic hydroxyl groups is 1. The molecule has 0 bridgehead atoms. The van der Waals surface area contributed by atoms with Crippen molar-refractivity contribution in [1.29, 1.82) is 0 Å². The average Bonchev–Trinajstić information content (AvgIpc) is 2.50. The first-order valence-electron chi connectivity index (χ1n) is 9.23. The summed E-state index contributed by atoms with van der Waals surface area (Å²) in [6.07, 6.45) is 7.44. The standard InChI is InChI=1S/C21H34O3/c1-14(13-19(23)24-6)7-9-16-15(2)8-10-17-20(3,4)18(22)11-12-21(16,17)5/h13,16-18,22H,2,7-12H2,1,3-6H3/b14-13-/t16-,17-,18-,21+/m1/s1. The summed E-state index contributed by atoms with van der Waals surface area (Å²) in [5.74, 6) is 0.708. The van der Waals surface area contributed by atoms with Gasteiger partial charge in [0.15, 0.2) is 0 Å². The number of methoxy groups -OCH3 is 1. The lowest BCUT2D eigenvalue weighted by molar-refractivity contribution is -0.134. The van der Waals surface area contributed by atoms with Crippen molar-refractivity contribution in [3.63, 3.8) is 0 Å². The lowest BCUT2D eigenvalue weighted by Crippen LogP contribution is -2.54. The van der Waals surface area contributed by atoms with Crippen LogP contribution in [0.3, 0.4) is 0 Å². The highest BCUT2D eigenvalue weighted by atomic mass is 16.5. The van der Waals surface area contributed by atoms with Gasteiger partial charge in [-0.3, -0.25) is 0 Å². The van der Waals surface area contributed by atoms with E-state index >= 15 is 0 Å². The molecule has 0 aliphatic heterocycles. The fourth-order valence-corrected chi connectivity index (χ4v) is 5.40. The van der Waals surface area contributed by atoms with E-state index in [4.69, 9.17) is 4.74 Å². The maximum Gasteiger partial charge on any atom is 0.330 e. The minimum atomic E-state index is -0.277. The number of allylic oxidation sites excluding steroid dienone is 2. The van der Waals surface area contributed by atoms with Crippen molar-refractivity contribution in [3.05, 3.63) is 23.8 Å². The Morgan fingerprint density at radius 1 is 1.38 bits per heavy atom. The van der Waals surface area contributed by atoms with Gasteiger partial charge in [0.1, 0.15) is 0 Å². The number of hydrogen-bond donors (Lipinski definition) is 1. The van der Waals surface area contributed by atoms with Crippen LogP contribution in [0, 0.1) is 22.7 Å². The van der Waals surface area contributed by atoms with E-state index in [0.29, 0.717) is 11.8 Å². The van der Waals surface area contributed by atoms with Gasteiger partial charge in [0.25, 0.3) is 0 Å². The van der Waals surface area contributed by atoms with E-state index in [1.165, 1.54) is 12.7 Å². The molecule has 0 radical (unpaired) electrons. The largest absolute Gasteiger partial charge is 0.466 e. The highest BCUT2D eigenvalue weighted by Crippen LogP contribution is 2.61. The molecule has 0 saturated heterocycles. The first-order chi connectivity index (χ1) is 11.1. The molecule has 0 aromatic heterocycles. The van der Waals surface area contributed by atoms with E-state index < -0.39 is 0 Å². The van der Waals surface area contributed by atoms with Crippen LogP contribution in [0.2, 0.25) is 0 Å². The summed E-state index contributed by atoms with van der Waals surface area (Å²) < 4.78 is 4.72. The summed E-state index contributed by atoms with van der Waals surface area (Å²) in [5, 5.41) is 10.5. The summed E-state index contributed by atoms with van der Waals surface area (Å²) in [7, 11) is 1.41. The van der Waals surface area contributed by atoms with Gasteiger partial charge >= 0.3 is 5.97 Å². The van der Waals surface area contributed by atoms with E-state index in [1.807, 2.05) is 6.92 Å². The maximum absolute atomic E-state index is 11.4. The molecule has 3 heteroatoms. The molecule has 1 N–H and O–H groups in total. The number of fused-ring (bicyclic) bond motifs is 1. The third-order valence-electron chi connectivity index (χ3n) is 6.95. The Kier molecular flexibility index (Phi) is 5.64. The lowest BCUT2D eigenvalue weighted by atomic mass is 9.46. The molecule has 3 nitrogen and oxygen atoms in total. The molecule has 4 atom stereocenters. The van der Waals surface area contributed by atoms with Crippen LogP contribution >= 0.6 is 0 Å². The van der Waals surface area contributed by atoms with Crippen molar-refractivity contribution < 1.29 is 14.6 Å². The Hall–Kier alpha value is -1.09. The van der Waals surface area contributed by atoms with Gasteiger partial charge in [-0.1, -0.05) is 38.5 Å². The van der Waals surface area contributed by atoms with E-state index in [-0.39, 0.29) is 22.9 Å². The Morgan fingerprint density at radius 3 is 2.67 bits per heavy atom. The molecule has 0 spiro atoms. The smallest absolute Gasteiger partial charge is 0.330 e. The quantitative estimate of drug-likeness (QED) is 0.462. The van der Waals surface area contributed by atoms with Gasteiger partial charge in [0, 0.05) is 6.08 Å². The van der Waals surface area contributed by atoms with Crippen LogP contribution in [0.5, 0.6) is 0 Å². The van der Waals surface area contributed by atoms with Gasteiger partial charge in [-0.15, -0.1) is 0 Å². The zero-order valence-corrected chi connectivity index (χ0v) is 16.0. The fraction of sp³-hybridized carbons (Fsp3) is 0.762. The number of carbonyl (C=O) groups excluding carboxylic acids is 1. The molecule has 2 aliphatic carbocycles. The van der Waals surface area contributed by atoms with Gasteiger partial charge in [-0.25, -0.2) is 4.79 Å². The van der Waals surface area contributed by atoms with Crippen molar-refractivity contribution in [2.75, 3.05) is 7.11 Å². The summed E-state index contributed by atoms with van der Waals surface area (Å²) in [4.78, 5) is 11.4. The number of rotatable bonds is 4. The van der Waals surface area contributed by atoms with E-state index in [2.05, 4.69) is 27.4 Å². The molecule has 0 aromatic carbocycles. The number of carbonyl (C=O) groups is 1. The van der Waals surface area contributed by atoms with Crippen molar-refractivity contribution in [2.45, 2.75) is 72.3 Å². The average molecular weight is 335 g/mol. The van der Waals surface area contributed by atoms with Gasteiger partial charge in [-0.05, 0) is 68.1 Å². The van der Waals surface area contributed by atoms with Crippen molar-refractivity contribution in [1.82, 2.24) is 0 Å². The first kappa shape index (κ1) is 19.2. The number of esters is 1. The molecule has 136 valence electrons. The zero-order valence-electron chi connectivity index (χ0n) is 16.0. The Labute approximate surface area is 147 Å². The van der Waals surface area contributed by atoms with Crippen molar-refractivity contribution >= 4 is 5.97 Å². The molecule has 0 unspecified atom stereocenters. The third-order valence-corrected chi connectivity index (χ3v) is 6.95. The second kappa shape index (κ2) is 7.03. The van der Waals surface area contributed by atoms with Gasteiger partial charge in [-0.2, -0.15) is 0 Å². The van der Waals surface area contributed by atoms with Crippen LogP contribution < -0.4 is 0 Å². The minimum Gasteiger partial charge on any atom is -0.466 e. The molecule has 2 fully saturated rings. The fourth-order valence-electron chi connectivity index (χ4n) is 5.40. The lowest BCUT2D eigenvalue weighted by Gasteiger charge is -2.59. The van der Waals surface area contributed by atoms with E-state index in [1.54, 1.807) is 6.08 Å². The summed E-state index contributed by atoms with van der Waals surface area (Å²) >= 11 is 0. The highest BCUT2D eigenvalue weighted by Gasteiger charge is 2.55. The SMILES string of the molecule is C=C1CC[C@@H]2C(C)(C)[C@H](O)CC[C@@]2(C)[C@@H]1CC/C(C)=C\C(=O)OC. The van der Waals surface area contributed by atoms with Gasteiger partial charge < -0.3 is 9.84 Å². The second-order valence-corrected chi connectivity index (χ2v) is 8.74. The van der Waals surface area contributed by atoms with Crippen LogP contribution in [-0.2, 0) is 9.53 Å². The van der Waals surface area contributed by atoms with E-state index in [0.717, 1.165) is 44.1 Å². The molecule has 0 heterocycles. The predicted octanol–water partition coefficient (Wildman–Crippen LogP) is 4.66. The monoisotopic (exact) mass is 334 g/mol. The second-order valence-electron chi connectivity index (χ2n) is 8.74. The van der Waals surface area contributed by atoms with Gasteiger partial charge in [0.05, 0.1) is 13.2 Å². The topological polar surface area (TPSA) is 46.5 Å². The maximum atomic E-state index is 11.4. The third kappa shape index (κ3) is 3.46. The van der Waals surface area contributed by atoms with Crippen LogP contribution in [-0.4, -0.2) is 24.3 Å². The molecular weight excluding hydrogens is 300 g/mol. The number of ether oxygens (including phenoxy) is 1. The summed E-state index contributed by atoms with van der Waals surface area (Å²) in [5.41, 5.74) is 2.58. The molecule has 2 aliphatic rings. The summed E-state index contributed by atoms with van der Waals surface area (Å²) in [6, 6.07) is 0. The van der Waals surface area contributed by atoms with Crippen LogP contribution in [0.25, 0.3) is 0 Å². The summed E-state index contributed by atoms with van der Waals surface area (Å²) in [6.45, 7) is 13.2. The van der Waals surface area contributed by atoms with Crippen LogP contribution in [0.4, 0.5) is 0 Å². The van der Waals surface area contributed by atoms with Gasteiger partial charge in [0.2, 0.25) is 0 Å². The molecular formula is C21H34O3. The first-order valence-corrected chi connectivity index (χ1v) is 9.23. The Balaban J connectivity index is 2.17. The molecule has 0 aromatic rings. The molecule has 2 saturated carbocycles. The normalized spacial score (nSPS) is 36.2. The Bertz CT molecular complexity index is 531. The molecule has 0 amide bonds. The van der Waals surface area contributed by atoms with Crippen LogP contribution in [0.15, 0.2) is 23.8 Å².